The summed E-state index contributed by atoms with van der Waals surface area (Å²) in [7, 11) is 1.99. The van der Waals surface area contributed by atoms with E-state index >= 15 is 0 Å². The Labute approximate surface area is 180 Å². The highest BCUT2D eigenvalue weighted by Crippen LogP contribution is 2.21. The van der Waals surface area contributed by atoms with E-state index in [1.165, 1.54) is 16.8 Å². The fourth-order valence-electron chi connectivity index (χ4n) is 3.27. The zero-order valence-electron chi connectivity index (χ0n) is 19.3. The fourth-order valence-corrected chi connectivity index (χ4v) is 3.27. The second-order valence-electron chi connectivity index (χ2n) is 7.30. The molecule has 1 heterocycles. The van der Waals surface area contributed by atoms with E-state index in [1.807, 2.05) is 18.7 Å². The van der Waals surface area contributed by atoms with Crippen molar-refractivity contribution in [3.63, 3.8) is 0 Å². The van der Waals surface area contributed by atoms with E-state index in [0.717, 1.165) is 42.5 Å². The van der Waals surface area contributed by atoms with Crippen LogP contribution in [0, 0.1) is 20.8 Å². The third-order valence-corrected chi connectivity index (χ3v) is 4.99. The molecule has 2 N–H and O–H groups in total. The molecule has 0 aliphatic heterocycles. The maximum Gasteiger partial charge on any atom is 0.191 e. The number of aliphatic imine (C=N–C) groups is 1. The number of hydrogen-bond donors (Lipinski definition) is 2. The van der Waals surface area contributed by atoms with Crippen LogP contribution in [0.4, 0.5) is 0 Å². The molecule has 1 aromatic heterocycles. The lowest BCUT2D eigenvalue weighted by Gasteiger charge is -2.14. The number of nitrogens with one attached hydrogen (secondary N) is 2. The summed E-state index contributed by atoms with van der Waals surface area (Å²) in [5.41, 5.74) is 5.83. The summed E-state index contributed by atoms with van der Waals surface area (Å²) in [6.07, 6.45) is 0.909. The van der Waals surface area contributed by atoms with Crippen molar-refractivity contribution in [1.82, 2.24) is 20.4 Å². The third-order valence-electron chi connectivity index (χ3n) is 4.99. The van der Waals surface area contributed by atoms with Crippen molar-refractivity contribution in [2.75, 3.05) is 32.9 Å². The van der Waals surface area contributed by atoms with Gasteiger partial charge in [-0.2, -0.15) is 5.10 Å². The van der Waals surface area contributed by atoms with Crippen LogP contribution in [-0.2, 0) is 24.8 Å². The summed E-state index contributed by atoms with van der Waals surface area (Å²) >= 11 is 0. The largest absolute Gasteiger partial charge is 0.491 e. The lowest BCUT2D eigenvalue weighted by atomic mass is 10.1. The normalized spacial score (nSPS) is 11.6. The number of nitrogens with zero attached hydrogens (tertiary/aromatic N) is 3. The molecular weight excluding hydrogens is 378 g/mol. The highest BCUT2D eigenvalue weighted by atomic mass is 16.5. The molecule has 0 unspecified atom stereocenters. The minimum atomic E-state index is 0.538. The lowest BCUT2D eigenvalue weighted by Crippen LogP contribution is -2.38. The summed E-state index contributed by atoms with van der Waals surface area (Å²) in [6, 6.07) is 6.24. The van der Waals surface area contributed by atoms with Gasteiger partial charge < -0.3 is 20.1 Å². The predicted molar refractivity (Wildman–Crippen MR) is 122 cm³/mol. The van der Waals surface area contributed by atoms with E-state index in [-0.39, 0.29) is 0 Å². The molecule has 2 rings (SSSR count). The standard InChI is InChI=1S/C23H37N5O2/c1-7-24-23(25-12-11-21-18(4)27-28(6)19(21)5)26-16-20-10-9-17(3)15-22(20)30-14-13-29-8-2/h9-10,15H,7-8,11-14,16H2,1-6H3,(H2,24,25,26). The van der Waals surface area contributed by atoms with Gasteiger partial charge in [-0.05, 0) is 58.2 Å². The first-order valence-corrected chi connectivity index (χ1v) is 10.8. The first-order chi connectivity index (χ1) is 14.5. The van der Waals surface area contributed by atoms with Crippen molar-refractivity contribution < 1.29 is 9.47 Å². The van der Waals surface area contributed by atoms with Gasteiger partial charge in [-0.1, -0.05) is 12.1 Å². The number of aromatic nitrogens is 2. The van der Waals surface area contributed by atoms with Crippen molar-refractivity contribution in [1.29, 1.82) is 0 Å². The number of guanidine groups is 1. The quantitative estimate of drug-likeness (QED) is 0.335. The Bertz CT molecular complexity index is 829. The van der Waals surface area contributed by atoms with Crippen LogP contribution < -0.4 is 15.4 Å². The average molecular weight is 416 g/mol. The smallest absolute Gasteiger partial charge is 0.191 e. The van der Waals surface area contributed by atoms with Crippen molar-refractivity contribution in [2.24, 2.45) is 12.0 Å². The third kappa shape index (κ3) is 7.06. The second kappa shape index (κ2) is 12.2. The van der Waals surface area contributed by atoms with Crippen LogP contribution in [-0.4, -0.2) is 48.7 Å². The average Bonchev–Trinajstić information content (AvgIpc) is 2.96. The van der Waals surface area contributed by atoms with Gasteiger partial charge in [-0.3, -0.25) is 4.68 Å². The molecule has 0 fully saturated rings. The predicted octanol–water partition coefficient (Wildman–Crippen LogP) is 3.06. The van der Waals surface area contributed by atoms with Gasteiger partial charge in [0, 0.05) is 38.0 Å². The van der Waals surface area contributed by atoms with Crippen LogP contribution in [0.25, 0.3) is 0 Å². The molecule has 7 nitrogen and oxygen atoms in total. The van der Waals surface area contributed by atoms with E-state index in [1.54, 1.807) is 0 Å². The maximum atomic E-state index is 5.94. The minimum absolute atomic E-state index is 0.538. The first kappa shape index (κ1) is 23.7. The fraction of sp³-hybridized carbons (Fsp3) is 0.565. The van der Waals surface area contributed by atoms with Gasteiger partial charge in [-0.25, -0.2) is 4.99 Å². The molecule has 0 atom stereocenters. The number of rotatable bonds is 11. The maximum absolute atomic E-state index is 5.94. The highest BCUT2D eigenvalue weighted by molar-refractivity contribution is 5.79. The topological polar surface area (TPSA) is 72.7 Å². The summed E-state index contributed by atoms with van der Waals surface area (Å²) < 4.78 is 13.3. The Hall–Kier alpha value is -2.54. The van der Waals surface area contributed by atoms with Gasteiger partial charge in [0.1, 0.15) is 12.4 Å². The molecule has 30 heavy (non-hydrogen) atoms. The summed E-state index contributed by atoms with van der Waals surface area (Å²) in [5, 5.41) is 11.3. The molecule has 2 aromatic rings. The minimum Gasteiger partial charge on any atom is -0.491 e. The molecule has 0 saturated carbocycles. The number of aryl methyl sites for hydroxylation is 3. The van der Waals surface area contributed by atoms with Crippen LogP contribution in [0.3, 0.4) is 0 Å². The molecule has 1 aromatic carbocycles. The lowest BCUT2D eigenvalue weighted by molar-refractivity contribution is 0.110. The van der Waals surface area contributed by atoms with Crippen molar-refractivity contribution in [2.45, 2.75) is 47.6 Å². The molecule has 0 aliphatic rings. The number of benzene rings is 1. The van der Waals surface area contributed by atoms with Gasteiger partial charge >= 0.3 is 0 Å². The van der Waals surface area contributed by atoms with Crippen LogP contribution in [0.1, 0.15) is 41.9 Å². The van der Waals surface area contributed by atoms with E-state index in [0.29, 0.717) is 26.4 Å². The zero-order valence-corrected chi connectivity index (χ0v) is 19.3. The monoisotopic (exact) mass is 415 g/mol. The van der Waals surface area contributed by atoms with Crippen molar-refractivity contribution in [3.05, 3.63) is 46.3 Å². The Morgan fingerprint density at radius 1 is 1.13 bits per heavy atom. The van der Waals surface area contributed by atoms with Crippen molar-refractivity contribution >= 4 is 5.96 Å². The Morgan fingerprint density at radius 3 is 2.60 bits per heavy atom. The molecule has 7 heteroatoms. The van der Waals surface area contributed by atoms with Crippen molar-refractivity contribution in [3.8, 4) is 5.75 Å². The van der Waals surface area contributed by atoms with Crippen LogP contribution in [0.2, 0.25) is 0 Å². The highest BCUT2D eigenvalue weighted by Gasteiger charge is 2.09. The SMILES string of the molecule is CCNC(=NCc1ccc(C)cc1OCCOCC)NCCc1c(C)nn(C)c1C. The first-order valence-electron chi connectivity index (χ1n) is 10.8. The molecule has 0 saturated heterocycles. The van der Waals surface area contributed by atoms with Crippen LogP contribution in [0.15, 0.2) is 23.2 Å². The van der Waals surface area contributed by atoms with Gasteiger partial charge in [0.25, 0.3) is 0 Å². The second-order valence-corrected chi connectivity index (χ2v) is 7.30. The van der Waals surface area contributed by atoms with E-state index in [9.17, 15) is 0 Å². The summed E-state index contributed by atoms with van der Waals surface area (Å²) in [6.45, 7) is 14.3. The van der Waals surface area contributed by atoms with E-state index < -0.39 is 0 Å². The van der Waals surface area contributed by atoms with Crippen LogP contribution >= 0.6 is 0 Å². The van der Waals surface area contributed by atoms with E-state index in [4.69, 9.17) is 14.5 Å². The van der Waals surface area contributed by atoms with Gasteiger partial charge in [-0.15, -0.1) is 0 Å². The summed E-state index contributed by atoms with van der Waals surface area (Å²) in [4.78, 5) is 4.76. The summed E-state index contributed by atoms with van der Waals surface area (Å²) in [5.74, 6) is 1.67. The number of ether oxygens (including phenoxy) is 2. The Balaban J connectivity index is 1.99. The Morgan fingerprint density at radius 2 is 1.93 bits per heavy atom. The number of hydrogen-bond acceptors (Lipinski definition) is 4. The van der Waals surface area contributed by atoms with Crippen LogP contribution in [0.5, 0.6) is 5.75 Å². The molecule has 0 radical (unpaired) electrons. The zero-order chi connectivity index (χ0) is 21.9. The molecule has 0 bridgehead atoms. The molecule has 0 amide bonds. The van der Waals surface area contributed by atoms with Gasteiger partial charge in [0.05, 0.1) is 18.8 Å². The van der Waals surface area contributed by atoms with Gasteiger partial charge in [0.2, 0.25) is 0 Å². The molecule has 166 valence electrons. The molecular formula is C23H37N5O2. The molecule has 0 spiro atoms. The molecule has 0 aliphatic carbocycles. The van der Waals surface area contributed by atoms with Gasteiger partial charge in [0.15, 0.2) is 5.96 Å². The Kier molecular flexibility index (Phi) is 9.67. The van der Waals surface area contributed by atoms with E-state index in [2.05, 4.69) is 61.6 Å².